The molecule has 1 aliphatic heterocycles. The third-order valence-corrected chi connectivity index (χ3v) is 4.77. The van der Waals surface area contributed by atoms with Gasteiger partial charge in [-0.15, -0.1) is 10.8 Å². The van der Waals surface area contributed by atoms with E-state index in [0.717, 1.165) is 22.4 Å². The van der Waals surface area contributed by atoms with Gasteiger partial charge in [0.05, 0.1) is 17.4 Å². The monoisotopic (exact) mass is 331 g/mol. The van der Waals surface area contributed by atoms with Gasteiger partial charge in [-0.2, -0.15) is 0 Å². The molecule has 0 saturated carbocycles. The summed E-state index contributed by atoms with van der Waals surface area (Å²) in [6.07, 6.45) is 10.1. The van der Waals surface area contributed by atoms with Crippen LogP contribution in [0.15, 0.2) is 58.7 Å². The van der Waals surface area contributed by atoms with Crippen LogP contribution < -0.4 is 5.32 Å². The normalized spacial score (nSPS) is 19.3. The van der Waals surface area contributed by atoms with Crippen molar-refractivity contribution in [1.82, 2.24) is 14.6 Å². The topological polar surface area (TPSA) is 54.6 Å². The lowest BCUT2D eigenvalue weighted by Gasteiger charge is -2.16. The first-order chi connectivity index (χ1) is 12.1. The molecule has 0 saturated heterocycles. The van der Waals surface area contributed by atoms with E-state index in [0.29, 0.717) is 17.8 Å². The highest BCUT2D eigenvalue weighted by Gasteiger charge is 2.28. The van der Waals surface area contributed by atoms with Gasteiger partial charge in [-0.1, -0.05) is 13.8 Å². The van der Waals surface area contributed by atoms with Crippen LogP contribution in [-0.2, 0) is 0 Å². The Hall–Kier alpha value is -2.91. The molecule has 0 bridgehead atoms. The van der Waals surface area contributed by atoms with E-state index in [1.54, 1.807) is 0 Å². The van der Waals surface area contributed by atoms with Gasteiger partial charge in [0.2, 0.25) is 5.95 Å². The van der Waals surface area contributed by atoms with E-state index in [1.165, 1.54) is 11.3 Å². The molecule has 5 heteroatoms. The first-order valence-electron chi connectivity index (χ1n) is 8.55. The largest absolute Gasteiger partial charge is 0.356 e. The van der Waals surface area contributed by atoms with Crippen molar-refractivity contribution in [2.24, 2.45) is 16.8 Å². The summed E-state index contributed by atoms with van der Waals surface area (Å²) < 4.78 is 1.84. The number of nitrogens with zero attached hydrogens (tertiary/aromatic N) is 4. The standard InChI is InChI=1S/C20H21N5/c1-12(2)19-13(3)23-17-8-6-14(5-7-16(17)19)15-9-10-25-18(15)11-22-20(21-4)24-25/h6-12,19H,1-4H3,(H,21,24). The number of anilines is 1. The van der Waals surface area contributed by atoms with E-state index in [1.807, 2.05) is 24.0 Å². The number of aliphatic imine (C=N–C) groups is 1. The minimum Gasteiger partial charge on any atom is -0.356 e. The van der Waals surface area contributed by atoms with Crippen molar-refractivity contribution in [3.63, 3.8) is 0 Å². The summed E-state index contributed by atoms with van der Waals surface area (Å²) in [5.41, 5.74) is 10.0. The molecule has 2 aromatic heterocycles. The molecule has 5 nitrogen and oxygen atoms in total. The molecule has 126 valence electrons. The minimum absolute atomic E-state index is 0.374. The SMILES string of the molecule is CNc1ncc2c(C3=C=CC4=C(C=C3)N=C(C)C4C(C)C)ccn2n1. The average Bonchev–Trinajstić information content (AvgIpc) is 3.09. The smallest absolute Gasteiger partial charge is 0.240 e. The molecule has 3 heterocycles. The predicted octanol–water partition coefficient (Wildman–Crippen LogP) is 3.88. The van der Waals surface area contributed by atoms with E-state index in [9.17, 15) is 0 Å². The lowest BCUT2D eigenvalue weighted by Crippen LogP contribution is -2.15. The highest BCUT2D eigenvalue weighted by Crippen LogP contribution is 2.35. The Labute approximate surface area is 147 Å². The van der Waals surface area contributed by atoms with Crippen molar-refractivity contribution in [3.05, 3.63) is 59.3 Å². The number of allylic oxidation sites excluding steroid dienone is 4. The summed E-state index contributed by atoms with van der Waals surface area (Å²) in [7, 11) is 1.81. The van der Waals surface area contributed by atoms with Gasteiger partial charge in [0.15, 0.2) is 0 Å². The number of aromatic nitrogens is 3. The van der Waals surface area contributed by atoms with Crippen molar-refractivity contribution >= 4 is 22.7 Å². The molecule has 1 atom stereocenters. The Morgan fingerprint density at radius 3 is 2.88 bits per heavy atom. The number of hydrogen-bond acceptors (Lipinski definition) is 4. The number of hydrogen-bond donors (Lipinski definition) is 1. The Balaban J connectivity index is 1.77. The zero-order valence-corrected chi connectivity index (χ0v) is 14.9. The van der Waals surface area contributed by atoms with Crippen LogP contribution in [0.2, 0.25) is 0 Å². The van der Waals surface area contributed by atoms with Gasteiger partial charge < -0.3 is 5.32 Å². The maximum absolute atomic E-state index is 4.76. The first-order valence-corrected chi connectivity index (χ1v) is 8.55. The summed E-state index contributed by atoms with van der Waals surface area (Å²) in [6.45, 7) is 6.60. The maximum Gasteiger partial charge on any atom is 0.240 e. The van der Waals surface area contributed by atoms with E-state index in [2.05, 4.69) is 66.2 Å². The Morgan fingerprint density at radius 2 is 2.12 bits per heavy atom. The van der Waals surface area contributed by atoms with Gasteiger partial charge in [-0.25, -0.2) is 9.50 Å². The van der Waals surface area contributed by atoms with Gasteiger partial charge >= 0.3 is 0 Å². The zero-order chi connectivity index (χ0) is 17.6. The van der Waals surface area contributed by atoms with E-state index in [4.69, 9.17) is 4.99 Å². The maximum atomic E-state index is 4.76. The fraction of sp³-hybridized carbons (Fsp3) is 0.300. The van der Waals surface area contributed by atoms with Crippen LogP contribution in [0.3, 0.4) is 0 Å². The van der Waals surface area contributed by atoms with Crippen molar-refractivity contribution in [1.29, 1.82) is 0 Å². The third kappa shape index (κ3) is 2.53. The highest BCUT2D eigenvalue weighted by atomic mass is 15.3. The van der Waals surface area contributed by atoms with Crippen LogP contribution in [0.4, 0.5) is 5.95 Å². The lowest BCUT2D eigenvalue weighted by molar-refractivity contribution is 0.565. The predicted molar refractivity (Wildman–Crippen MR) is 102 cm³/mol. The molecule has 0 amide bonds. The van der Waals surface area contributed by atoms with Crippen LogP contribution in [0.25, 0.3) is 11.1 Å². The van der Waals surface area contributed by atoms with E-state index in [-0.39, 0.29) is 0 Å². The third-order valence-electron chi connectivity index (χ3n) is 4.77. The second-order valence-electron chi connectivity index (χ2n) is 6.74. The summed E-state index contributed by atoms with van der Waals surface area (Å²) >= 11 is 0. The van der Waals surface area contributed by atoms with Gasteiger partial charge in [-0.3, -0.25) is 4.99 Å². The molecule has 25 heavy (non-hydrogen) atoms. The van der Waals surface area contributed by atoms with Crippen LogP contribution in [0.1, 0.15) is 26.3 Å². The molecule has 2 aliphatic rings. The van der Waals surface area contributed by atoms with E-state index < -0.39 is 0 Å². The van der Waals surface area contributed by atoms with Gasteiger partial charge in [-0.05, 0) is 42.7 Å². The second-order valence-corrected chi connectivity index (χ2v) is 6.74. The molecular formula is C20H21N5. The molecule has 1 aliphatic carbocycles. The summed E-state index contributed by atoms with van der Waals surface area (Å²) in [4.78, 5) is 9.09. The van der Waals surface area contributed by atoms with E-state index >= 15 is 0 Å². The van der Waals surface area contributed by atoms with Crippen LogP contribution in [0.5, 0.6) is 0 Å². The van der Waals surface area contributed by atoms with Crippen molar-refractivity contribution in [2.45, 2.75) is 20.8 Å². The summed E-state index contributed by atoms with van der Waals surface area (Å²) in [5.74, 6) is 1.49. The molecule has 1 N–H and O–H groups in total. The van der Waals surface area contributed by atoms with Crippen molar-refractivity contribution in [2.75, 3.05) is 12.4 Å². The molecule has 0 aromatic carbocycles. The molecule has 4 rings (SSSR count). The molecule has 0 fully saturated rings. The quantitative estimate of drug-likeness (QED) is 0.868. The summed E-state index contributed by atoms with van der Waals surface area (Å²) in [6, 6.07) is 2.05. The Bertz CT molecular complexity index is 1010. The fourth-order valence-corrected chi connectivity index (χ4v) is 3.62. The highest BCUT2D eigenvalue weighted by molar-refractivity contribution is 5.93. The number of rotatable bonds is 3. The molecule has 2 aromatic rings. The number of nitrogens with one attached hydrogen (secondary N) is 1. The Kier molecular flexibility index (Phi) is 3.66. The Morgan fingerprint density at radius 1 is 1.28 bits per heavy atom. The molecular weight excluding hydrogens is 310 g/mol. The molecule has 1 unspecified atom stereocenters. The number of fused-ring (bicyclic) bond motifs is 1. The van der Waals surface area contributed by atoms with Crippen molar-refractivity contribution < 1.29 is 0 Å². The van der Waals surface area contributed by atoms with Crippen LogP contribution >= 0.6 is 0 Å². The molecule has 0 radical (unpaired) electrons. The lowest BCUT2D eigenvalue weighted by atomic mass is 9.85. The van der Waals surface area contributed by atoms with Gasteiger partial charge in [0.1, 0.15) is 0 Å². The average molecular weight is 331 g/mol. The summed E-state index contributed by atoms with van der Waals surface area (Å²) in [5, 5.41) is 7.38. The zero-order valence-electron chi connectivity index (χ0n) is 14.9. The fourth-order valence-electron chi connectivity index (χ4n) is 3.62. The van der Waals surface area contributed by atoms with Crippen molar-refractivity contribution in [3.8, 4) is 0 Å². The second kappa shape index (κ2) is 5.87. The first kappa shape index (κ1) is 15.6. The van der Waals surface area contributed by atoms with Gasteiger partial charge in [0, 0.05) is 36.0 Å². The van der Waals surface area contributed by atoms with Crippen LogP contribution in [-0.4, -0.2) is 27.4 Å². The van der Waals surface area contributed by atoms with Gasteiger partial charge in [0.25, 0.3) is 0 Å². The van der Waals surface area contributed by atoms with Crippen LogP contribution in [0, 0.1) is 11.8 Å². The molecule has 0 spiro atoms. The minimum atomic E-state index is 0.374.